The van der Waals surface area contributed by atoms with Crippen LogP contribution in [0.15, 0.2) is 0 Å². The number of nitrogens with one attached hydrogen (secondary N) is 1. The fourth-order valence-electron chi connectivity index (χ4n) is 1.87. The van der Waals surface area contributed by atoms with E-state index in [0.717, 1.165) is 0 Å². The molecule has 0 saturated heterocycles. The highest BCUT2D eigenvalue weighted by Gasteiger charge is 2.34. The van der Waals surface area contributed by atoms with E-state index in [9.17, 15) is 9.90 Å². The first-order chi connectivity index (χ1) is 7.24. The van der Waals surface area contributed by atoms with E-state index in [1.807, 2.05) is 14.0 Å². The van der Waals surface area contributed by atoms with Crippen LogP contribution in [-0.4, -0.2) is 47.2 Å². The molecule has 96 valence electrons. The van der Waals surface area contributed by atoms with Gasteiger partial charge in [0.25, 0.3) is 0 Å². The van der Waals surface area contributed by atoms with Crippen molar-refractivity contribution in [3.63, 3.8) is 0 Å². The zero-order valence-electron chi connectivity index (χ0n) is 11.4. The molecule has 4 nitrogen and oxygen atoms in total. The zero-order chi connectivity index (χ0) is 12.9. The summed E-state index contributed by atoms with van der Waals surface area (Å²) in [6, 6.07) is 0.662. The molecular weight excluding hydrogens is 204 g/mol. The van der Waals surface area contributed by atoms with Gasteiger partial charge in [0.05, 0.1) is 0 Å². The lowest BCUT2D eigenvalue weighted by atomic mass is 9.92. The summed E-state index contributed by atoms with van der Waals surface area (Å²) in [4.78, 5) is 13.5. The average molecular weight is 230 g/mol. The number of carbonyl (C=O) groups is 1. The standard InChI is InChI=1S/C12H26N2O2/c1-7-13-12(5,11(15)16)8-10(4)14(6)9(2)3/h9-10,13H,7-8H2,1-6H3,(H,15,16). The van der Waals surface area contributed by atoms with Crippen molar-refractivity contribution in [1.82, 2.24) is 10.2 Å². The lowest BCUT2D eigenvalue weighted by Gasteiger charge is -2.35. The van der Waals surface area contributed by atoms with Gasteiger partial charge in [-0.25, -0.2) is 0 Å². The van der Waals surface area contributed by atoms with Gasteiger partial charge in [-0.1, -0.05) is 6.92 Å². The Labute approximate surface area is 99.0 Å². The van der Waals surface area contributed by atoms with Crippen molar-refractivity contribution in [3.8, 4) is 0 Å². The summed E-state index contributed by atoms with van der Waals surface area (Å²) < 4.78 is 0. The molecule has 0 aliphatic rings. The number of hydrogen-bond donors (Lipinski definition) is 2. The number of carboxylic acids is 1. The minimum Gasteiger partial charge on any atom is -0.480 e. The van der Waals surface area contributed by atoms with Crippen LogP contribution in [0.25, 0.3) is 0 Å². The molecule has 0 bridgehead atoms. The van der Waals surface area contributed by atoms with Crippen molar-refractivity contribution in [1.29, 1.82) is 0 Å². The van der Waals surface area contributed by atoms with E-state index >= 15 is 0 Å². The topological polar surface area (TPSA) is 52.6 Å². The van der Waals surface area contributed by atoms with Gasteiger partial charge in [0.15, 0.2) is 0 Å². The molecule has 0 heterocycles. The molecule has 0 aromatic carbocycles. The molecule has 0 radical (unpaired) electrons. The molecule has 0 aromatic heterocycles. The Balaban J connectivity index is 4.57. The van der Waals surface area contributed by atoms with Crippen molar-refractivity contribution in [2.45, 2.75) is 58.7 Å². The zero-order valence-corrected chi connectivity index (χ0v) is 11.4. The largest absolute Gasteiger partial charge is 0.480 e. The highest BCUT2D eigenvalue weighted by Crippen LogP contribution is 2.17. The first-order valence-electron chi connectivity index (χ1n) is 5.95. The van der Waals surface area contributed by atoms with Gasteiger partial charge in [-0.3, -0.25) is 4.79 Å². The monoisotopic (exact) mass is 230 g/mol. The van der Waals surface area contributed by atoms with Crippen LogP contribution >= 0.6 is 0 Å². The minimum atomic E-state index is -0.836. The first-order valence-corrected chi connectivity index (χ1v) is 5.95. The average Bonchev–Trinajstić information content (AvgIpc) is 2.16. The van der Waals surface area contributed by atoms with E-state index in [1.54, 1.807) is 6.92 Å². The summed E-state index contributed by atoms with van der Waals surface area (Å²) in [5.74, 6) is -0.779. The molecule has 0 aromatic rings. The first kappa shape index (κ1) is 15.4. The van der Waals surface area contributed by atoms with Crippen LogP contribution in [0, 0.1) is 0 Å². The molecule has 2 unspecified atom stereocenters. The van der Waals surface area contributed by atoms with Gasteiger partial charge in [0.1, 0.15) is 5.54 Å². The summed E-state index contributed by atoms with van der Waals surface area (Å²) in [5.41, 5.74) is -0.836. The minimum absolute atomic E-state index is 0.236. The van der Waals surface area contributed by atoms with Gasteiger partial charge < -0.3 is 15.3 Å². The van der Waals surface area contributed by atoms with Gasteiger partial charge in [-0.05, 0) is 47.7 Å². The van der Waals surface area contributed by atoms with Crippen LogP contribution in [0.1, 0.15) is 41.0 Å². The second kappa shape index (κ2) is 6.21. The highest BCUT2D eigenvalue weighted by atomic mass is 16.4. The van der Waals surface area contributed by atoms with Gasteiger partial charge in [-0.2, -0.15) is 0 Å². The predicted octanol–water partition coefficient (Wildman–Crippen LogP) is 1.56. The van der Waals surface area contributed by atoms with Gasteiger partial charge in [0, 0.05) is 12.1 Å². The Morgan fingerprint density at radius 2 is 1.94 bits per heavy atom. The van der Waals surface area contributed by atoms with Gasteiger partial charge in [-0.15, -0.1) is 0 Å². The fraction of sp³-hybridized carbons (Fsp3) is 0.917. The fourth-order valence-corrected chi connectivity index (χ4v) is 1.87. The third-order valence-electron chi connectivity index (χ3n) is 3.25. The molecule has 16 heavy (non-hydrogen) atoms. The van der Waals surface area contributed by atoms with Crippen LogP contribution < -0.4 is 5.32 Å². The summed E-state index contributed by atoms with van der Waals surface area (Å²) in [5, 5.41) is 12.3. The smallest absolute Gasteiger partial charge is 0.323 e. The number of aliphatic carboxylic acids is 1. The van der Waals surface area contributed by atoms with Crippen molar-refractivity contribution >= 4 is 5.97 Å². The van der Waals surface area contributed by atoms with E-state index in [-0.39, 0.29) is 6.04 Å². The van der Waals surface area contributed by atoms with E-state index in [1.165, 1.54) is 0 Å². The second-order valence-corrected chi connectivity index (χ2v) is 4.98. The number of likely N-dealkylation sites (N-methyl/N-ethyl adjacent to an activating group) is 1. The number of rotatable bonds is 7. The molecule has 0 amide bonds. The van der Waals surface area contributed by atoms with Crippen molar-refractivity contribution in [2.24, 2.45) is 0 Å². The van der Waals surface area contributed by atoms with E-state index in [4.69, 9.17) is 0 Å². The lowest BCUT2D eigenvalue weighted by Crippen LogP contribution is -2.53. The maximum absolute atomic E-state index is 11.3. The number of carboxylic acid groups (broad SMARTS) is 1. The van der Waals surface area contributed by atoms with Crippen LogP contribution in [0.2, 0.25) is 0 Å². The van der Waals surface area contributed by atoms with Crippen LogP contribution in [0.5, 0.6) is 0 Å². The van der Waals surface area contributed by atoms with E-state index in [0.29, 0.717) is 19.0 Å². The molecular formula is C12H26N2O2. The van der Waals surface area contributed by atoms with Crippen molar-refractivity contribution < 1.29 is 9.90 Å². The number of hydrogen-bond acceptors (Lipinski definition) is 3. The van der Waals surface area contributed by atoms with Gasteiger partial charge >= 0.3 is 5.97 Å². The van der Waals surface area contributed by atoms with Crippen LogP contribution in [0.4, 0.5) is 0 Å². The summed E-state index contributed by atoms with van der Waals surface area (Å²) >= 11 is 0. The van der Waals surface area contributed by atoms with Crippen LogP contribution in [-0.2, 0) is 4.79 Å². The SMILES string of the molecule is CCNC(C)(CC(C)N(C)C(C)C)C(=O)O. The Bertz CT molecular complexity index is 231. The molecule has 0 fully saturated rings. The second-order valence-electron chi connectivity index (χ2n) is 4.98. The molecule has 2 N–H and O–H groups in total. The molecule has 0 rings (SSSR count). The van der Waals surface area contributed by atoms with E-state index < -0.39 is 11.5 Å². The third-order valence-corrected chi connectivity index (χ3v) is 3.25. The normalized spacial score (nSPS) is 17.5. The molecule has 4 heteroatoms. The quantitative estimate of drug-likeness (QED) is 0.697. The summed E-state index contributed by atoms with van der Waals surface area (Å²) in [6.45, 7) is 10.6. The molecule has 0 aliphatic heterocycles. The molecule has 0 aliphatic carbocycles. The maximum Gasteiger partial charge on any atom is 0.323 e. The Kier molecular flexibility index (Phi) is 5.97. The molecule has 0 saturated carbocycles. The Morgan fingerprint density at radius 1 is 1.44 bits per heavy atom. The van der Waals surface area contributed by atoms with Gasteiger partial charge in [0.2, 0.25) is 0 Å². The van der Waals surface area contributed by atoms with E-state index in [2.05, 4.69) is 31.0 Å². The summed E-state index contributed by atoms with van der Waals surface area (Å²) in [6.07, 6.45) is 0.602. The van der Waals surface area contributed by atoms with Crippen molar-refractivity contribution in [2.75, 3.05) is 13.6 Å². The Hall–Kier alpha value is -0.610. The molecule has 2 atom stereocenters. The van der Waals surface area contributed by atoms with Crippen LogP contribution in [0.3, 0.4) is 0 Å². The highest BCUT2D eigenvalue weighted by molar-refractivity contribution is 5.78. The number of nitrogens with zero attached hydrogens (tertiary/aromatic N) is 1. The maximum atomic E-state index is 11.3. The van der Waals surface area contributed by atoms with Crippen molar-refractivity contribution in [3.05, 3.63) is 0 Å². The Morgan fingerprint density at radius 3 is 2.25 bits per heavy atom. The third kappa shape index (κ3) is 4.10. The molecule has 0 spiro atoms. The predicted molar refractivity (Wildman–Crippen MR) is 66.7 cm³/mol. The lowest BCUT2D eigenvalue weighted by molar-refractivity contribution is -0.145. The summed E-state index contributed by atoms with van der Waals surface area (Å²) in [7, 11) is 2.03.